The van der Waals surface area contributed by atoms with Crippen LogP contribution in [0.4, 0.5) is 14.5 Å². The van der Waals surface area contributed by atoms with Gasteiger partial charge in [0.15, 0.2) is 11.0 Å². The molecule has 3 rings (SSSR count). The molecule has 2 aromatic carbocycles. The third kappa shape index (κ3) is 5.63. The van der Waals surface area contributed by atoms with Gasteiger partial charge in [-0.2, -0.15) is 0 Å². The van der Waals surface area contributed by atoms with E-state index in [4.69, 9.17) is 11.6 Å². The van der Waals surface area contributed by atoms with Crippen molar-refractivity contribution in [3.63, 3.8) is 0 Å². The second kappa shape index (κ2) is 10.6. The first-order chi connectivity index (χ1) is 15.3. The van der Waals surface area contributed by atoms with Crippen molar-refractivity contribution >= 4 is 40.9 Å². The van der Waals surface area contributed by atoms with E-state index in [2.05, 4.69) is 20.8 Å². The molecule has 0 bridgehead atoms. The zero-order chi connectivity index (χ0) is 23.3. The van der Waals surface area contributed by atoms with Crippen LogP contribution in [0.3, 0.4) is 0 Å². The molecule has 11 heteroatoms. The summed E-state index contributed by atoms with van der Waals surface area (Å²) in [6.07, 6.45) is 0. The lowest BCUT2D eigenvalue weighted by Crippen LogP contribution is -2.29. The summed E-state index contributed by atoms with van der Waals surface area (Å²) in [7, 11) is 0. The molecule has 0 saturated carbocycles. The van der Waals surface area contributed by atoms with Gasteiger partial charge in [0.05, 0.1) is 22.4 Å². The van der Waals surface area contributed by atoms with E-state index < -0.39 is 23.6 Å². The van der Waals surface area contributed by atoms with Crippen molar-refractivity contribution in [3.8, 4) is 0 Å². The lowest BCUT2D eigenvalue weighted by Gasteiger charge is -2.15. The summed E-state index contributed by atoms with van der Waals surface area (Å²) in [4.78, 5) is 24.6. The fourth-order valence-corrected chi connectivity index (χ4v) is 3.90. The van der Waals surface area contributed by atoms with Crippen molar-refractivity contribution in [1.29, 1.82) is 0 Å². The van der Waals surface area contributed by atoms with Crippen molar-refractivity contribution in [2.45, 2.75) is 31.6 Å². The van der Waals surface area contributed by atoms with Gasteiger partial charge in [-0.15, -0.1) is 10.2 Å². The largest absolute Gasteiger partial charge is 0.342 e. The summed E-state index contributed by atoms with van der Waals surface area (Å²) >= 11 is 6.88. The molecule has 1 heterocycles. The summed E-state index contributed by atoms with van der Waals surface area (Å²) in [5.74, 6) is -1.56. The molecule has 0 aliphatic heterocycles. The van der Waals surface area contributed by atoms with Crippen LogP contribution in [0.1, 0.15) is 36.1 Å². The third-order valence-electron chi connectivity index (χ3n) is 4.45. The van der Waals surface area contributed by atoms with Gasteiger partial charge in [-0.3, -0.25) is 9.59 Å². The normalized spacial score (nSPS) is 11.8. The summed E-state index contributed by atoms with van der Waals surface area (Å²) in [6.45, 7) is 4.09. The van der Waals surface area contributed by atoms with E-state index >= 15 is 0 Å². The van der Waals surface area contributed by atoms with Gasteiger partial charge in [-0.1, -0.05) is 35.5 Å². The van der Waals surface area contributed by atoms with Gasteiger partial charge in [0, 0.05) is 12.2 Å². The summed E-state index contributed by atoms with van der Waals surface area (Å²) in [6, 6.07) is 9.07. The minimum absolute atomic E-state index is 0.0308. The summed E-state index contributed by atoms with van der Waals surface area (Å²) in [5.41, 5.74) is 0.318. The highest BCUT2D eigenvalue weighted by Gasteiger charge is 2.21. The Morgan fingerprint density at radius 1 is 1.16 bits per heavy atom. The average Bonchev–Trinajstić information content (AvgIpc) is 3.18. The quantitative estimate of drug-likeness (QED) is 0.466. The van der Waals surface area contributed by atoms with E-state index in [0.29, 0.717) is 23.2 Å². The molecule has 3 aromatic rings. The van der Waals surface area contributed by atoms with Gasteiger partial charge >= 0.3 is 0 Å². The van der Waals surface area contributed by atoms with E-state index in [9.17, 15) is 18.4 Å². The molecule has 0 saturated heterocycles. The van der Waals surface area contributed by atoms with Crippen LogP contribution >= 0.6 is 23.4 Å². The number of halogens is 3. The number of hydrogen-bond donors (Lipinski definition) is 2. The first-order valence-corrected chi connectivity index (χ1v) is 11.0. The fraction of sp³-hybridized carbons (Fsp3) is 0.238. The number of nitrogens with zero attached hydrogens (tertiary/aromatic N) is 3. The van der Waals surface area contributed by atoms with Crippen molar-refractivity contribution in [3.05, 3.63) is 70.5 Å². The highest BCUT2D eigenvalue weighted by Crippen LogP contribution is 2.23. The van der Waals surface area contributed by atoms with Gasteiger partial charge in [-0.05, 0) is 44.2 Å². The predicted octanol–water partition coefficient (Wildman–Crippen LogP) is 4.45. The Bertz CT molecular complexity index is 1140. The number of thioether (sulfide) groups is 1. The van der Waals surface area contributed by atoms with Gasteiger partial charge in [0.1, 0.15) is 11.6 Å². The topological polar surface area (TPSA) is 88.9 Å². The lowest BCUT2D eigenvalue weighted by molar-refractivity contribution is -0.113. The number of amides is 2. The van der Waals surface area contributed by atoms with Crippen molar-refractivity contribution in [2.24, 2.45) is 0 Å². The molecular weight excluding hydrogens is 460 g/mol. The minimum atomic E-state index is -0.612. The van der Waals surface area contributed by atoms with Crippen LogP contribution in [0.5, 0.6) is 0 Å². The fourth-order valence-electron chi connectivity index (χ4n) is 2.91. The van der Waals surface area contributed by atoms with Crippen molar-refractivity contribution in [2.75, 3.05) is 11.1 Å². The second-order valence-corrected chi connectivity index (χ2v) is 8.08. The monoisotopic (exact) mass is 479 g/mol. The van der Waals surface area contributed by atoms with E-state index in [-0.39, 0.29) is 22.2 Å². The third-order valence-corrected chi connectivity index (χ3v) is 5.71. The van der Waals surface area contributed by atoms with E-state index in [0.717, 1.165) is 11.8 Å². The number of benzene rings is 2. The Labute approximate surface area is 192 Å². The smallest absolute Gasteiger partial charge is 0.254 e. The van der Waals surface area contributed by atoms with Crippen LogP contribution in [-0.4, -0.2) is 32.3 Å². The summed E-state index contributed by atoms with van der Waals surface area (Å²) in [5, 5.41) is 14.0. The number of rotatable bonds is 8. The molecule has 1 aromatic heterocycles. The van der Waals surface area contributed by atoms with Gasteiger partial charge in [0.25, 0.3) is 5.91 Å². The van der Waals surface area contributed by atoms with Crippen LogP contribution in [0, 0.1) is 11.6 Å². The van der Waals surface area contributed by atoms with Crippen LogP contribution in [0.25, 0.3) is 0 Å². The Kier molecular flexibility index (Phi) is 7.81. The molecule has 0 radical (unpaired) electrons. The molecule has 0 fully saturated rings. The number of carbonyl (C=O) groups is 2. The first kappa shape index (κ1) is 23.7. The average molecular weight is 480 g/mol. The minimum Gasteiger partial charge on any atom is -0.342 e. The maximum absolute atomic E-state index is 13.9. The van der Waals surface area contributed by atoms with Crippen molar-refractivity contribution in [1.82, 2.24) is 20.1 Å². The lowest BCUT2D eigenvalue weighted by atomic mass is 10.2. The predicted molar refractivity (Wildman–Crippen MR) is 119 cm³/mol. The SMILES string of the molecule is CCn1c(SCC(=O)Nc2ccc(F)c(Cl)c2)nnc1[C@@H](C)NC(=O)c1ccccc1F. The maximum atomic E-state index is 13.9. The Morgan fingerprint density at radius 3 is 2.59 bits per heavy atom. The molecule has 7 nitrogen and oxygen atoms in total. The van der Waals surface area contributed by atoms with Crippen LogP contribution in [-0.2, 0) is 11.3 Å². The van der Waals surface area contributed by atoms with E-state index in [1.165, 1.54) is 36.4 Å². The first-order valence-electron chi connectivity index (χ1n) is 9.66. The van der Waals surface area contributed by atoms with Crippen molar-refractivity contribution < 1.29 is 18.4 Å². The van der Waals surface area contributed by atoms with Gasteiger partial charge in [0.2, 0.25) is 5.91 Å². The Hall–Kier alpha value is -2.98. The molecule has 168 valence electrons. The zero-order valence-electron chi connectivity index (χ0n) is 17.2. The summed E-state index contributed by atoms with van der Waals surface area (Å²) < 4.78 is 28.9. The van der Waals surface area contributed by atoms with Crippen LogP contribution < -0.4 is 10.6 Å². The zero-order valence-corrected chi connectivity index (χ0v) is 18.8. The molecule has 1 atom stereocenters. The number of carbonyl (C=O) groups excluding carboxylic acids is 2. The van der Waals surface area contributed by atoms with Crippen LogP contribution in [0.2, 0.25) is 5.02 Å². The molecule has 0 aliphatic carbocycles. The highest BCUT2D eigenvalue weighted by molar-refractivity contribution is 7.99. The van der Waals surface area contributed by atoms with Gasteiger partial charge < -0.3 is 15.2 Å². The Balaban J connectivity index is 1.63. The number of nitrogens with one attached hydrogen (secondary N) is 2. The van der Waals surface area contributed by atoms with E-state index in [1.807, 2.05) is 6.92 Å². The highest BCUT2D eigenvalue weighted by atomic mass is 35.5. The molecule has 32 heavy (non-hydrogen) atoms. The number of hydrogen-bond acceptors (Lipinski definition) is 5. The van der Waals surface area contributed by atoms with E-state index in [1.54, 1.807) is 17.6 Å². The molecular formula is C21H20ClF2N5O2S. The molecule has 2 N–H and O–H groups in total. The maximum Gasteiger partial charge on any atom is 0.254 e. The molecule has 0 aliphatic rings. The van der Waals surface area contributed by atoms with Gasteiger partial charge in [-0.25, -0.2) is 8.78 Å². The molecule has 0 spiro atoms. The number of aromatic nitrogens is 3. The standard InChI is InChI=1S/C21H20ClF2N5O2S/c1-3-29-19(12(2)25-20(31)14-6-4-5-7-16(14)23)27-28-21(29)32-11-18(30)26-13-8-9-17(24)15(22)10-13/h4-10,12H,3,11H2,1-2H3,(H,25,31)(H,26,30)/t12-/m1/s1. The second-order valence-electron chi connectivity index (χ2n) is 6.73. The Morgan fingerprint density at radius 2 is 1.91 bits per heavy atom. The number of anilines is 1. The molecule has 2 amide bonds. The molecule has 0 unspecified atom stereocenters. The van der Waals surface area contributed by atoms with Crippen LogP contribution in [0.15, 0.2) is 47.6 Å².